The van der Waals surface area contributed by atoms with Crippen LogP contribution in [-0.2, 0) is 0 Å². The van der Waals surface area contributed by atoms with E-state index >= 15 is 0 Å². The summed E-state index contributed by atoms with van der Waals surface area (Å²) in [6.45, 7) is 2.71. The first kappa shape index (κ1) is 13.4. The molecule has 4 N–H and O–H groups in total. The molecule has 1 aromatic rings. The van der Waals surface area contributed by atoms with E-state index in [-0.39, 0.29) is 0 Å². The van der Waals surface area contributed by atoms with Crippen LogP contribution in [0.5, 0.6) is 0 Å². The fraction of sp³-hybridized carbons (Fsp3) is 0.615. The monoisotopic (exact) mass is 269 g/mol. The largest absolute Gasteiger partial charge is 0.396 e. The summed E-state index contributed by atoms with van der Waals surface area (Å²) in [6.07, 6.45) is 5.35. The molecule has 1 fully saturated rings. The lowest BCUT2D eigenvalue weighted by Crippen LogP contribution is -2.40. The molecule has 0 atom stereocenters. The van der Waals surface area contributed by atoms with E-state index in [0.717, 1.165) is 25.7 Å². The smallest absolute Gasteiger partial charge is 0.149 e. The summed E-state index contributed by atoms with van der Waals surface area (Å²) < 4.78 is 0. The average Bonchev–Trinajstić information content (AvgIpc) is 2.32. The van der Waals surface area contributed by atoms with Gasteiger partial charge in [-0.3, -0.25) is 0 Å². The molecule has 1 aliphatic carbocycles. The Labute approximate surface area is 113 Å². The van der Waals surface area contributed by atoms with Crippen molar-refractivity contribution in [2.24, 2.45) is 5.92 Å². The van der Waals surface area contributed by atoms with Crippen molar-refractivity contribution in [3.63, 3.8) is 0 Å². The zero-order valence-electron chi connectivity index (χ0n) is 10.6. The molecule has 100 valence electrons. The standard InChI is InChI=1S/C13H20ClN3O/c1-9-2-4-13(18,5-3-9)8-17-12-11(15)6-10(14)7-16-12/h6-7,9,18H,2-5,8,15H2,1H3,(H,16,17). The Morgan fingerprint density at radius 2 is 2.22 bits per heavy atom. The maximum absolute atomic E-state index is 10.4. The summed E-state index contributed by atoms with van der Waals surface area (Å²) in [4.78, 5) is 4.13. The highest BCUT2D eigenvalue weighted by atomic mass is 35.5. The Bertz CT molecular complexity index is 417. The van der Waals surface area contributed by atoms with Crippen LogP contribution >= 0.6 is 11.6 Å². The number of halogens is 1. The van der Waals surface area contributed by atoms with Crippen LogP contribution in [0.2, 0.25) is 5.02 Å². The van der Waals surface area contributed by atoms with Crippen molar-refractivity contribution >= 4 is 23.1 Å². The van der Waals surface area contributed by atoms with Crippen molar-refractivity contribution in [3.05, 3.63) is 17.3 Å². The fourth-order valence-electron chi connectivity index (χ4n) is 2.33. The lowest BCUT2D eigenvalue weighted by atomic mass is 9.79. The van der Waals surface area contributed by atoms with Crippen LogP contribution in [0.1, 0.15) is 32.6 Å². The minimum atomic E-state index is -0.639. The van der Waals surface area contributed by atoms with Crippen molar-refractivity contribution in [1.29, 1.82) is 0 Å². The first-order chi connectivity index (χ1) is 8.48. The number of anilines is 2. The van der Waals surface area contributed by atoms with Gasteiger partial charge in [0, 0.05) is 12.7 Å². The molecule has 2 rings (SSSR count). The number of rotatable bonds is 3. The lowest BCUT2D eigenvalue weighted by molar-refractivity contribution is 0.00496. The van der Waals surface area contributed by atoms with E-state index in [1.807, 2.05) is 0 Å². The van der Waals surface area contributed by atoms with Crippen LogP contribution in [0, 0.1) is 5.92 Å². The van der Waals surface area contributed by atoms with E-state index in [4.69, 9.17) is 17.3 Å². The van der Waals surface area contributed by atoms with E-state index in [1.54, 1.807) is 12.3 Å². The molecule has 0 unspecified atom stereocenters. The topological polar surface area (TPSA) is 71.2 Å². The van der Waals surface area contributed by atoms with Crippen molar-refractivity contribution in [3.8, 4) is 0 Å². The van der Waals surface area contributed by atoms with Crippen LogP contribution in [0.15, 0.2) is 12.3 Å². The number of nitrogens with two attached hydrogens (primary N) is 1. The highest BCUT2D eigenvalue weighted by Gasteiger charge is 2.31. The normalized spacial score (nSPS) is 28.1. The van der Waals surface area contributed by atoms with E-state index in [9.17, 15) is 5.11 Å². The van der Waals surface area contributed by atoms with Crippen LogP contribution in [0.4, 0.5) is 11.5 Å². The molecule has 0 aromatic carbocycles. The molecular formula is C13H20ClN3O. The minimum Gasteiger partial charge on any atom is -0.396 e. The Kier molecular flexibility index (Phi) is 3.97. The summed E-state index contributed by atoms with van der Waals surface area (Å²) in [6, 6.07) is 1.66. The van der Waals surface area contributed by atoms with Gasteiger partial charge in [0.25, 0.3) is 0 Å². The molecule has 0 spiro atoms. The summed E-state index contributed by atoms with van der Waals surface area (Å²) in [5.41, 5.74) is 5.68. The first-order valence-corrected chi connectivity index (χ1v) is 6.74. The number of pyridine rings is 1. The van der Waals surface area contributed by atoms with Crippen molar-refractivity contribution in [1.82, 2.24) is 4.98 Å². The summed E-state index contributed by atoms with van der Waals surface area (Å²) in [5.74, 6) is 1.30. The highest BCUT2D eigenvalue weighted by molar-refractivity contribution is 6.30. The number of aliphatic hydroxyl groups is 1. The Morgan fingerprint density at radius 3 is 2.83 bits per heavy atom. The van der Waals surface area contributed by atoms with Gasteiger partial charge in [-0.2, -0.15) is 0 Å². The molecule has 1 aliphatic rings. The molecule has 1 aromatic heterocycles. The van der Waals surface area contributed by atoms with Gasteiger partial charge in [-0.15, -0.1) is 0 Å². The number of nitrogens with one attached hydrogen (secondary N) is 1. The van der Waals surface area contributed by atoms with Crippen LogP contribution < -0.4 is 11.1 Å². The third-order valence-corrected chi connectivity index (χ3v) is 3.88. The van der Waals surface area contributed by atoms with Gasteiger partial charge < -0.3 is 16.2 Å². The lowest BCUT2D eigenvalue weighted by Gasteiger charge is -2.35. The Balaban J connectivity index is 1.94. The zero-order chi connectivity index (χ0) is 13.2. The van der Waals surface area contributed by atoms with Gasteiger partial charge in [0.2, 0.25) is 0 Å². The maximum Gasteiger partial charge on any atom is 0.149 e. The second kappa shape index (κ2) is 5.33. The predicted molar refractivity (Wildman–Crippen MR) is 74.7 cm³/mol. The third kappa shape index (κ3) is 3.27. The Hall–Kier alpha value is -1.00. The van der Waals surface area contributed by atoms with Gasteiger partial charge in [-0.05, 0) is 37.7 Å². The number of hydrogen-bond acceptors (Lipinski definition) is 4. The SMILES string of the molecule is CC1CCC(O)(CNc2ncc(Cl)cc2N)CC1. The predicted octanol–water partition coefficient (Wildman–Crippen LogP) is 2.67. The molecule has 0 saturated heterocycles. The maximum atomic E-state index is 10.4. The van der Waals surface area contributed by atoms with Crippen LogP contribution in [0.25, 0.3) is 0 Å². The van der Waals surface area contributed by atoms with Crippen molar-refractivity contribution in [2.45, 2.75) is 38.2 Å². The summed E-state index contributed by atoms with van der Waals surface area (Å²) in [5, 5.41) is 14.1. The van der Waals surface area contributed by atoms with Gasteiger partial charge in [-0.1, -0.05) is 18.5 Å². The summed E-state index contributed by atoms with van der Waals surface area (Å²) >= 11 is 5.79. The van der Waals surface area contributed by atoms with Gasteiger partial charge in [-0.25, -0.2) is 4.98 Å². The second-order valence-corrected chi connectivity index (χ2v) is 5.79. The zero-order valence-corrected chi connectivity index (χ0v) is 11.4. The average molecular weight is 270 g/mol. The van der Waals surface area contributed by atoms with Crippen molar-refractivity contribution < 1.29 is 5.11 Å². The molecule has 0 aliphatic heterocycles. The molecule has 1 heterocycles. The molecule has 0 radical (unpaired) electrons. The van der Waals surface area contributed by atoms with Gasteiger partial charge in [0.05, 0.1) is 16.3 Å². The van der Waals surface area contributed by atoms with Gasteiger partial charge in [0.15, 0.2) is 0 Å². The highest BCUT2D eigenvalue weighted by Crippen LogP contribution is 2.32. The van der Waals surface area contributed by atoms with E-state index in [0.29, 0.717) is 29.0 Å². The number of aromatic nitrogens is 1. The van der Waals surface area contributed by atoms with E-state index in [1.165, 1.54) is 0 Å². The van der Waals surface area contributed by atoms with Crippen molar-refractivity contribution in [2.75, 3.05) is 17.6 Å². The fourth-order valence-corrected chi connectivity index (χ4v) is 2.49. The van der Waals surface area contributed by atoms with Crippen LogP contribution in [0.3, 0.4) is 0 Å². The quantitative estimate of drug-likeness (QED) is 0.789. The second-order valence-electron chi connectivity index (χ2n) is 5.35. The van der Waals surface area contributed by atoms with E-state index < -0.39 is 5.60 Å². The molecule has 0 amide bonds. The van der Waals surface area contributed by atoms with Crippen LogP contribution in [-0.4, -0.2) is 22.2 Å². The first-order valence-electron chi connectivity index (χ1n) is 6.36. The van der Waals surface area contributed by atoms with Gasteiger partial charge >= 0.3 is 0 Å². The summed E-state index contributed by atoms with van der Waals surface area (Å²) in [7, 11) is 0. The number of nitrogens with zero attached hydrogens (tertiary/aromatic N) is 1. The molecule has 1 saturated carbocycles. The number of nitrogen functional groups attached to an aromatic ring is 1. The molecular weight excluding hydrogens is 250 g/mol. The molecule has 0 bridgehead atoms. The Morgan fingerprint density at radius 1 is 1.56 bits per heavy atom. The minimum absolute atomic E-state index is 0.485. The molecule has 5 heteroatoms. The molecule has 18 heavy (non-hydrogen) atoms. The third-order valence-electron chi connectivity index (χ3n) is 3.67. The number of hydrogen-bond donors (Lipinski definition) is 3. The molecule has 4 nitrogen and oxygen atoms in total. The van der Waals surface area contributed by atoms with Gasteiger partial charge in [0.1, 0.15) is 5.82 Å². The van der Waals surface area contributed by atoms with E-state index in [2.05, 4.69) is 17.2 Å².